The monoisotopic (exact) mass is 343 g/mol. The molecule has 3 aromatic rings. The minimum absolute atomic E-state index is 0.378. The first-order valence-electron chi connectivity index (χ1n) is 10.0. The van der Waals surface area contributed by atoms with Crippen LogP contribution in [0, 0.1) is 6.92 Å². The van der Waals surface area contributed by atoms with Crippen molar-refractivity contribution in [3.05, 3.63) is 83.4 Å². The summed E-state index contributed by atoms with van der Waals surface area (Å²) in [5, 5.41) is 6.65. The first-order chi connectivity index (χ1) is 12.7. The van der Waals surface area contributed by atoms with E-state index in [9.17, 15) is 0 Å². The number of nitrogens with one attached hydrogen (secondary N) is 1. The van der Waals surface area contributed by atoms with E-state index in [0.29, 0.717) is 18.0 Å². The Kier molecular flexibility index (Phi) is 5.08. The van der Waals surface area contributed by atoms with E-state index >= 15 is 0 Å². The van der Waals surface area contributed by atoms with E-state index in [1.165, 1.54) is 53.1 Å². The van der Waals surface area contributed by atoms with Gasteiger partial charge < -0.3 is 5.32 Å². The predicted octanol–water partition coefficient (Wildman–Crippen LogP) is 6.53. The SMILES string of the molecule is Cc1ccc([C@H]2CCCC(NC(C)c3cccc4ccccc34)C2)cc1. The van der Waals surface area contributed by atoms with Gasteiger partial charge in [-0.05, 0) is 60.9 Å². The third kappa shape index (κ3) is 3.68. The molecule has 1 aliphatic carbocycles. The lowest BCUT2D eigenvalue weighted by Crippen LogP contribution is -2.35. The van der Waals surface area contributed by atoms with Gasteiger partial charge in [-0.25, -0.2) is 0 Å². The summed E-state index contributed by atoms with van der Waals surface area (Å²) in [5.74, 6) is 0.696. The summed E-state index contributed by atoms with van der Waals surface area (Å²) in [6.07, 6.45) is 5.18. The Bertz CT molecular complexity index is 859. The third-order valence-electron chi connectivity index (χ3n) is 6.00. The van der Waals surface area contributed by atoms with Crippen molar-refractivity contribution < 1.29 is 0 Å². The van der Waals surface area contributed by atoms with Gasteiger partial charge in [0.25, 0.3) is 0 Å². The Hall–Kier alpha value is -2.12. The normalized spacial score (nSPS) is 21.6. The maximum absolute atomic E-state index is 3.94. The molecule has 1 fully saturated rings. The van der Waals surface area contributed by atoms with Crippen LogP contribution < -0.4 is 5.32 Å². The zero-order valence-corrected chi connectivity index (χ0v) is 15.9. The number of hydrogen-bond donors (Lipinski definition) is 1. The molecular weight excluding hydrogens is 314 g/mol. The van der Waals surface area contributed by atoms with Gasteiger partial charge in [-0.2, -0.15) is 0 Å². The number of aryl methyl sites for hydroxylation is 1. The second-order valence-electron chi connectivity index (χ2n) is 7.93. The summed E-state index contributed by atoms with van der Waals surface area (Å²) in [5.41, 5.74) is 4.28. The molecule has 0 saturated heterocycles. The van der Waals surface area contributed by atoms with Crippen LogP contribution in [0.25, 0.3) is 10.8 Å². The van der Waals surface area contributed by atoms with E-state index < -0.39 is 0 Å². The van der Waals surface area contributed by atoms with Crippen LogP contribution in [-0.4, -0.2) is 6.04 Å². The van der Waals surface area contributed by atoms with Crippen molar-refractivity contribution in [2.24, 2.45) is 0 Å². The third-order valence-corrected chi connectivity index (χ3v) is 6.00. The molecular formula is C25H29N. The standard InChI is InChI=1S/C25H29N/c1-18-13-15-20(16-14-18)22-9-5-10-23(17-22)26-19(2)24-12-6-8-21-7-3-4-11-25(21)24/h3-4,6-8,11-16,19,22-23,26H,5,9-10,17H2,1-2H3/t19?,22-,23?/m0/s1. The molecule has 0 spiro atoms. The summed E-state index contributed by atoms with van der Waals surface area (Å²) in [7, 11) is 0. The summed E-state index contributed by atoms with van der Waals surface area (Å²) < 4.78 is 0. The van der Waals surface area contributed by atoms with Crippen LogP contribution in [0.2, 0.25) is 0 Å². The number of fused-ring (bicyclic) bond motifs is 1. The minimum Gasteiger partial charge on any atom is -0.307 e. The van der Waals surface area contributed by atoms with E-state index in [4.69, 9.17) is 0 Å². The molecule has 0 radical (unpaired) electrons. The molecule has 1 nitrogen and oxygen atoms in total. The molecule has 0 heterocycles. The van der Waals surface area contributed by atoms with Gasteiger partial charge in [0.2, 0.25) is 0 Å². The van der Waals surface area contributed by atoms with Crippen molar-refractivity contribution in [3.63, 3.8) is 0 Å². The predicted molar refractivity (Wildman–Crippen MR) is 112 cm³/mol. The van der Waals surface area contributed by atoms with Crippen molar-refractivity contribution in [2.45, 2.75) is 57.5 Å². The Morgan fingerprint density at radius 1 is 0.885 bits per heavy atom. The number of rotatable bonds is 4. The second-order valence-corrected chi connectivity index (χ2v) is 7.93. The van der Waals surface area contributed by atoms with Crippen LogP contribution >= 0.6 is 0 Å². The quantitative estimate of drug-likeness (QED) is 0.568. The molecule has 0 bridgehead atoms. The molecule has 1 N–H and O–H groups in total. The van der Waals surface area contributed by atoms with E-state index in [1.807, 2.05) is 0 Å². The Labute approximate surface area is 157 Å². The first-order valence-corrected chi connectivity index (χ1v) is 10.0. The molecule has 0 aliphatic heterocycles. The van der Waals surface area contributed by atoms with Crippen LogP contribution in [-0.2, 0) is 0 Å². The van der Waals surface area contributed by atoms with Gasteiger partial charge in [-0.1, -0.05) is 78.7 Å². The lowest BCUT2D eigenvalue weighted by Gasteiger charge is -2.32. The Morgan fingerprint density at radius 3 is 2.50 bits per heavy atom. The number of benzene rings is 3. The molecule has 0 aromatic heterocycles. The highest BCUT2D eigenvalue weighted by atomic mass is 14.9. The maximum atomic E-state index is 3.94. The lowest BCUT2D eigenvalue weighted by atomic mass is 9.81. The van der Waals surface area contributed by atoms with E-state index in [-0.39, 0.29) is 0 Å². The minimum atomic E-state index is 0.378. The summed E-state index contributed by atoms with van der Waals surface area (Å²) in [6.45, 7) is 4.48. The molecule has 134 valence electrons. The molecule has 1 saturated carbocycles. The molecule has 26 heavy (non-hydrogen) atoms. The molecule has 3 aromatic carbocycles. The zero-order chi connectivity index (χ0) is 17.9. The van der Waals surface area contributed by atoms with Gasteiger partial charge in [0, 0.05) is 12.1 Å². The Morgan fingerprint density at radius 2 is 1.65 bits per heavy atom. The van der Waals surface area contributed by atoms with Crippen LogP contribution in [0.3, 0.4) is 0 Å². The largest absolute Gasteiger partial charge is 0.307 e. The van der Waals surface area contributed by atoms with Gasteiger partial charge in [-0.3, -0.25) is 0 Å². The fourth-order valence-corrected chi connectivity index (χ4v) is 4.55. The molecule has 1 heteroatoms. The fraction of sp³-hybridized carbons (Fsp3) is 0.360. The highest BCUT2D eigenvalue weighted by molar-refractivity contribution is 5.86. The van der Waals surface area contributed by atoms with E-state index in [1.54, 1.807) is 0 Å². The summed E-state index contributed by atoms with van der Waals surface area (Å²) in [6, 6.07) is 25.5. The van der Waals surface area contributed by atoms with Crippen molar-refractivity contribution in [1.29, 1.82) is 0 Å². The smallest absolute Gasteiger partial charge is 0.0300 e. The maximum Gasteiger partial charge on any atom is 0.0300 e. The van der Waals surface area contributed by atoms with Gasteiger partial charge in [0.05, 0.1) is 0 Å². The van der Waals surface area contributed by atoms with E-state index in [0.717, 1.165) is 0 Å². The van der Waals surface area contributed by atoms with Gasteiger partial charge in [-0.15, -0.1) is 0 Å². The van der Waals surface area contributed by atoms with Crippen molar-refractivity contribution in [2.75, 3.05) is 0 Å². The summed E-state index contributed by atoms with van der Waals surface area (Å²) in [4.78, 5) is 0. The lowest BCUT2D eigenvalue weighted by molar-refractivity contribution is 0.319. The molecule has 2 unspecified atom stereocenters. The van der Waals surface area contributed by atoms with Crippen molar-refractivity contribution in [3.8, 4) is 0 Å². The number of hydrogen-bond acceptors (Lipinski definition) is 1. The zero-order valence-electron chi connectivity index (χ0n) is 15.9. The van der Waals surface area contributed by atoms with Crippen LogP contribution in [0.4, 0.5) is 0 Å². The highest BCUT2D eigenvalue weighted by Gasteiger charge is 2.24. The topological polar surface area (TPSA) is 12.0 Å². The van der Waals surface area contributed by atoms with Gasteiger partial charge in [0.1, 0.15) is 0 Å². The molecule has 1 aliphatic rings. The average Bonchev–Trinajstić information content (AvgIpc) is 2.68. The molecule has 4 rings (SSSR count). The molecule has 3 atom stereocenters. The van der Waals surface area contributed by atoms with Crippen molar-refractivity contribution >= 4 is 10.8 Å². The second kappa shape index (κ2) is 7.63. The summed E-state index contributed by atoms with van der Waals surface area (Å²) >= 11 is 0. The first kappa shape index (κ1) is 17.3. The van der Waals surface area contributed by atoms with Gasteiger partial charge in [0.15, 0.2) is 0 Å². The fourth-order valence-electron chi connectivity index (χ4n) is 4.55. The van der Waals surface area contributed by atoms with Crippen molar-refractivity contribution in [1.82, 2.24) is 5.32 Å². The van der Waals surface area contributed by atoms with Crippen LogP contribution in [0.15, 0.2) is 66.7 Å². The van der Waals surface area contributed by atoms with E-state index in [2.05, 4.69) is 85.9 Å². The average molecular weight is 344 g/mol. The van der Waals surface area contributed by atoms with Gasteiger partial charge >= 0.3 is 0 Å². The van der Waals surface area contributed by atoms with Crippen LogP contribution in [0.1, 0.15) is 61.3 Å². The highest BCUT2D eigenvalue weighted by Crippen LogP contribution is 2.34. The molecule has 0 amide bonds. The van der Waals surface area contributed by atoms with Crippen LogP contribution in [0.5, 0.6) is 0 Å². The Balaban J connectivity index is 1.48.